The molecule has 0 radical (unpaired) electrons. The molecule has 1 aromatic carbocycles. The van der Waals surface area contributed by atoms with Crippen LogP contribution in [0.25, 0.3) is 0 Å². The molecule has 1 heterocycles. The van der Waals surface area contributed by atoms with E-state index in [1.165, 1.54) is 5.56 Å². The molecule has 1 fully saturated rings. The number of guanidine groups is 1. The lowest BCUT2D eigenvalue weighted by Crippen LogP contribution is -2.51. The van der Waals surface area contributed by atoms with Gasteiger partial charge in [0.05, 0.1) is 6.54 Å². The lowest BCUT2D eigenvalue weighted by molar-refractivity contribution is 0.134. The van der Waals surface area contributed by atoms with Crippen LogP contribution in [0.4, 0.5) is 0 Å². The van der Waals surface area contributed by atoms with Crippen molar-refractivity contribution < 1.29 is 5.11 Å². The van der Waals surface area contributed by atoms with Crippen LogP contribution in [0.1, 0.15) is 46.1 Å². The summed E-state index contributed by atoms with van der Waals surface area (Å²) in [5.41, 5.74) is 1.20. The molecule has 0 aromatic heterocycles. The molecule has 1 aliphatic rings. The second-order valence-electron chi connectivity index (χ2n) is 8.19. The molecule has 0 aliphatic carbocycles. The van der Waals surface area contributed by atoms with Gasteiger partial charge in [-0.3, -0.25) is 9.89 Å². The zero-order valence-electron chi connectivity index (χ0n) is 17.2. The average Bonchev–Trinajstić information content (AvgIpc) is 2.63. The van der Waals surface area contributed by atoms with E-state index in [0.717, 1.165) is 38.4 Å². The number of hydrogen-bond donors (Lipinski definition) is 3. The number of aliphatic hydroxyl groups excluding tert-OH is 1. The molecule has 1 aromatic rings. The standard InChI is InChI=1S/C21H36N4O.HI/c1-5-22-20(23-15-21(3,4)16-26)24-19-11-12-25(17(2)13-19)14-18-9-7-6-8-10-18;/h6-10,17,19,26H,5,11-16H2,1-4H3,(H2,22,23,24);1H. The largest absolute Gasteiger partial charge is 0.396 e. The average molecular weight is 488 g/mol. The first-order valence-corrected chi connectivity index (χ1v) is 9.87. The van der Waals surface area contributed by atoms with Crippen LogP contribution in [-0.4, -0.2) is 54.3 Å². The smallest absolute Gasteiger partial charge is 0.191 e. The highest BCUT2D eigenvalue weighted by Crippen LogP contribution is 2.20. The minimum absolute atomic E-state index is 0. The van der Waals surface area contributed by atoms with Crippen LogP contribution in [0.3, 0.4) is 0 Å². The highest BCUT2D eigenvalue weighted by atomic mass is 127. The molecule has 0 bridgehead atoms. The van der Waals surface area contributed by atoms with E-state index in [9.17, 15) is 5.11 Å². The van der Waals surface area contributed by atoms with Crippen molar-refractivity contribution in [3.63, 3.8) is 0 Å². The number of hydrogen-bond acceptors (Lipinski definition) is 3. The van der Waals surface area contributed by atoms with Gasteiger partial charge in [0.2, 0.25) is 0 Å². The highest BCUT2D eigenvalue weighted by molar-refractivity contribution is 14.0. The Balaban J connectivity index is 0.00000364. The van der Waals surface area contributed by atoms with Gasteiger partial charge >= 0.3 is 0 Å². The molecule has 154 valence electrons. The van der Waals surface area contributed by atoms with E-state index in [1.54, 1.807) is 0 Å². The number of piperidine rings is 1. The molecule has 0 amide bonds. The fourth-order valence-corrected chi connectivity index (χ4v) is 3.26. The van der Waals surface area contributed by atoms with Gasteiger partial charge < -0.3 is 15.7 Å². The Labute approximate surface area is 182 Å². The molecular weight excluding hydrogens is 451 g/mol. The van der Waals surface area contributed by atoms with Crippen LogP contribution in [0.2, 0.25) is 0 Å². The minimum Gasteiger partial charge on any atom is -0.396 e. The van der Waals surface area contributed by atoms with Gasteiger partial charge in [-0.25, -0.2) is 0 Å². The number of rotatable bonds is 7. The molecular formula is C21H37IN4O. The van der Waals surface area contributed by atoms with Crippen molar-refractivity contribution in [2.45, 2.75) is 59.2 Å². The zero-order chi connectivity index (χ0) is 19.0. The Kier molecular flexibility index (Phi) is 10.6. The van der Waals surface area contributed by atoms with Crippen molar-refractivity contribution in [1.29, 1.82) is 0 Å². The third-order valence-corrected chi connectivity index (χ3v) is 5.02. The van der Waals surface area contributed by atoms with Crippen LogP contribution in [0.15, 0.2) is 35.3 Å². The maximum absolute atomic E-state index is 9.43. The number of halogens is 1. The lowest BCUT2D eigenvalue weighted by Gasteiger charge is -2.38. The van der Waals surface area contributed by atoms with Gasteiger partial charge in [-0.15, -0.1) is 24.0 Å². The first-order valence-electron chi connectivity index (χ1n) is 9.87. The highest BCUT2D eigenvalue weighted by Gasteiger charge is 2.26. The number of likely N-dealkylation sites (tertiary alicyclic amines) is 1. The van der Waals surface area contributed by atoms with Crippen LogP contribution < -0.4 is 10.6 Å². The normalized spacial score (nSPS) is 21.4. The third-order valence-electron chi connectivity index (χ3n) is 5.02. The molecule has 5 nitrogen and oxygen atoms in total. The maximum atomic E-state index is 9.43. The summed E-state index contributed by atoms with van der Waals surface area (Å²) in [7, 11) is 0. The monoisotopic (exact) mass is 488 g/mol. The van der Waals surface area contributed by atoms with Gasteiger partial charge in [-0.2, -0.15) is 0 Å². The summed E-state index contributed by atoms with van der Waals surface area (Å²) in [5, 5.41) is 16.4. The van der Waals surface area contributed by atoms with Gasteiger partial charge in [0, 0.05) is 43.7 Å². The van der Waals surface area contributed by atoms with E-state index in [2.05, 4.69) is 64.7 Å². The molecule has 3 N–H and O–H groups in total. The minimum atomic E-state index is -0.186. The Morgan fingerprint density at radius 2 is 2.00 bits per heavy atom. The van der Waals surface area contributed by atoms with Crippen molar-refractivity contribution in [3.05, 3.63) is 35.9 Å². The second-order valence-corrected chi connectivity index (χ2v) is 8.19. The topological polar surface area (TPSA) is 59.9 Å². The van der Waals surface area contributed by atoms with Crippen LogP contribution >= 0.6 is 24.0 Å². The van der Waals surface area contributed by atoms with E-state index >= 15 is 0 Å². The van der Waals surface area contributed by atoms with Crippen molar-refractivity contribution in [3.8, 4) is 0 Å². The Hall–Kier alpha value is -0.860. The van der Waals surface area contributed by atoms with Gasteiger partial charge in [-0.05, 0) is 32.3 Å². The second kappa shape index (κ2) is 11.9. The lowest BCUT2D eigenvalue weighted by atomic mass is 9.95. The van der Waals surface area contributed by atoms with Crippen LogP contribution in [-0.2, 0) is 6.54 Å². The third kappa shape index (κ3) is 8.35. The summed E-state index contributed by atoms with van der Waals surface area (Å²) in [5.74, 6) is 0.864. The van der Waals surface area contributed by atoms with E-state index in [0.29, 0.717) is 18.6 Å². The maximum Gasteiger partial charge on any atom is 0.191 e. The number of aliphatic hydroxyl groups is 1. The van der Waals surface area contributed by atoms with Crippen molar-refractivity contribution in [1.82, 2.24) is 15.5 Å². The molecule has 1 saturated heterocycles. The summed E-state index contributed by atoms with van der Waals surface area (Å²) in [6, 6.07) is 11.7. The quantitative estimate of drug-likeness (QED) is 0.314. The predicted molar refractivity (Wildman–Crippen MR) is 125 cm³/mol. The van der Waals surface area contributed by atoms with E-state index in [1.807, 2.05) is 13.8 Å². The van der Waals surface area contributed by atoms with Crippen molar-refractivity contribution >= 4 is 29.9 Å². The van der Waals surface area contributed by atoms with Gasteiger partial charge in [0.15, 0.2) is 5.96 Å². The molecule has 6 heteroatoms. The van der Waals surface area contributed by atoms with Crippen molar-refractivity contribution in [2.24, 2.45) is 10.4 Å². The summed E-state index contributed by atoms with van der Waals surface area (Å²) < 4.78 is 0. The number of nitrogens with zero attached hydrogens (tertiary/aromatic N) is 2. The summed E-state index contributed by atoms with van der Waals surface area (Å²) in [4.78, 5) is 7.24. The van der Waals surface area contributed by atoms with Gasteiger partial charge in [0.1, 0.15) is 0 Å². The number of aliphatic imine (C=N–C) groups is 1. The van der Waals surface area contributed by atoms with E-state index in [4.69, 9.17) is 0 Å². The molecule has 0 saturated carbocycles. The van der Waals surface area contributed by atoms with Crippen molar-refractivity contribution in [2.75, 3.05) is 26.2 Å². The SMILES string of the molecule is CCNC(=NCC(C)(C)CO)NC1CCN(Cc2ccccc2)C(C)C1.I. The van der Waals surface area contributed by atoms with Gasteiger partial charge in [0.25, 0.3) is 0 Å². The summed E-state index contributed by atoms with van der Waals surface area (Å²) in [6.07, 6.45) is 2.23. The Morgan fingerprint density at radius 3 is 2.59 bits per heavy atom. The Morgan fingerprint density at radius 1 is 1.30 bits per heavy atom. The fraction of sp³-hybridized carbons (Fsp3) is 0.667. The number of nitrogens with one attached hydrogen (secondary N) is 2. The first kappa shape index (κ1) is 24.2. The zero-order valence-corrected chi connectivity index (χ0v) is 19.6. The predicted octanol–water partition coefficient (Wildman–Crippen LogP) is 3.23. The Bertz CT molecular complexity index is 565. The molecule has 2 rings (SSSR count). The molecule has 1 aliphatic heterocycles. The molecule has 0 spiro atoms. The summed E-state index contributed by atoms with van der Waals surface area (Å²) in [6.45, 7) is 12.2. The molecule has 2 atom stereocenters. The van der Waals surface area contributed by atoms with Crippen LogP contribution in [0, 0.1) is 5.41 Å². The van der Waals surface area contributed by atoms with E-state index in [-0.39, 0.29) is 36.0 Å². The van der Waals surface area contributed by atoms with E-state index < -0.39 is 0 Å². The van der Waals surface area contributed by atoms with Crippen LogP contribution in [0.5, 0.6) is 0 Å². The summed E-state index contributed by atoms with van der Waals surface area (Å²) >= 11 is 0. The molecule has 27 heavy (non-hydrogen) atoms. The fourth-order valence-electron chi connectivity index (χ4n) is 3.26. The molecule has 2 unspecified atom stereocenters. The first-order chi connectivity index (χ1) is 12.4. The van der Waals surface area contributed by atoms with Gasteiger partial charge in [-0.1, -0.05) is 44.2 Å². The number of benzene rings is 1.